The highest BCUT2D eigenvalue weighted by molar-refractivity contribution is 6.11. The van der Waals surface area contributed by atoms with Crippen molar-refractivity contribution in [2.45, 2.75) is 25.7 Å². The van der Waals surface area contributed by atoms with E-state index in [9.17, 15) is 29.6 Å². The molecule has 0 unspecified atom stereocenters. The number of ketones is 1. The molecule has 1 aromatic carbocycles. The first-order chi connectivity index (χ1) is 13.7. The smallest absolute Gasteiger partial charge is 0.316 e. The molecule has 10 nitrogen and oxygen atoms in total. The molecule has 0 fully saturated rings. The summed E-state index contributed by atoms with van der Waals surface area (Å²) < 4.78 is 9.71. The second-order valence-electron chi connectivity index (χ2n) is 7.07. The van der Waals surface area contributed by atoms with Crippen molar-refractivity contribution in [1.29, 1.82) is 0 Å². The first kappa shape index (κ1) is 20.3. The fraction of sp³-hybridized carbons (Fsp3) is 0.421. The van der Waals surface area contributed by atoms with Gasteiger partial charge in [0.2, 0.25) is 5.91 Å². The van der Waals surface area contributed by atoms with Crippen LogP contribution < -0.4 is 15.2 Å². The van der Waals surface area contributed by atoms with Gasteiger partial charge < -0.3 is 19.9 Å². The van der Waals surface area contributed by atoms with Crippen molar-refractivity contribution < 1.29 is 33.9 Å². The Morgan fingerprint density at radius 1 is 1.24 bits per heavy atom. The lowest BCUT2D eigenvalue weighted by molar-refractivity contribution is -0.398. The van der Waals surface area contributed by atoms with E-state index < -0.39 is 39.9 Å². The van der Waals surface area contributed by atoms with Crippen molar-refractivity contribution in [1.82, 2.24) is 5.32 Å². The van der Waals surface area contributed by atoms with Gasteiger partial charge >= 0.3 is 5.97 Å². The average Bonchev–Trinajstić information content (AvgIpc) is 2.66. The fourth-order valence-corrected chi connectivity index (χ4v) is 3.98. The Morgan fingerprint density at radius 3 is 2.52 bits per heavy atom. The van der Waals surface area contributed by atoms with Crippen LogP contribution in [0.3, 0.4) is 0 Å². The third-order valence-electron chi connectivity index (χ3n) is 5.33. The summed E-state index contributed by atoms with van der Waals surface area (Å²) in [5.41, 5.74) is 0.0977. The number of benzene rings is 1. The number of nitrogens with zero attached hydrogens (tertiary/aromatic N) is 1. The molecule has 154 valence electrons. The van der Waals surface area contributed by atoms with Crippen LogP contribution in [0.25, 0.3) is 0 Å². The Hall–Kier alpha value is -3.43. The first-order valence-corrected chi connectivity index (χ1v) is 8.87. The number of Topliss-reactive ketones (excluding diaryl/α,β-unsaturated/α-hetero) is 1. The van der Waals surface area contributed by atoms with Gasteiger partial charge in [-0.05, 0) is 24.0 Å². The molecule has 29 heavy (non-hydrogen) atoms. The lowest BCUT2D eigenvalue weighted by atomic mass is 9.70. The molecule has 1 aromatic rings. The Bertz CT molecular complexity index is 952. The number of carbonyl (C=O) groups is 3. The standard InChI is InChI=1S/C19H20N2O8/c1-8-4-11-16(18(24)15(8)19(25)29-3)10(7-14(22)20-11)9-5-12(21(26)27)17(23)13(6-9)28-2/h5-6,8,10,15,23H,4,7H2,1-3H3,(H,20,22)/p-1/t8-,10-,15+/m0/s1. The summed E-state index contributed by atoms with van der Waals surface area (Å²) in [6.07, 6.45) is 0.104. The van der Waals surface area contributed by atoms with E-state index in [2.05, 4.69) is 5.32 Å². The van der Waals surface area contributed by atoms with E-state index in [0.717, 1.165) is 6.07 Å². The molecule has 1 heterocycles. The summed E-state index contributed by atoms with van der Waals surface area (Å²) in [6, 6.07) is 2.35. The SMILES string of the molecule is COC(=O)[C@H]1C(=O)C2=C(C[C@@H]1C)NC(=O)C[C@H]2c1cc(OC)c([O-])c([N+](=O)[O-])c1. The molecule has 0 saturated carbocycles. The van der Waals surface area contributed by atoms with Crippen LogP contribution in [-0.4, -0.2) is 36.8 Å². The molecule has 3 rings (SSSR count). The zero-order valence-corrected chi connectivity index (χ0v) is 16.0. The van der Waals surface area contributed by atoms with Crippen LogP contribution in [0.15, 0.2) is 23.4 Å². The molecule has 0 bridgehead atoms. The van der Waals surface area contributed by atoms with E-state index in [4.69, 9.17) is 9.47 Å². The number of allylic oxidation sites excluding steroid dienone is 2. The number of nitro groups is 1. The zero-order chi connectivity index (χ0) is 21.5. The van der Waals surface area contributed by atoms with E-state index in [1.807, 2.05) is 0 Å². The van der Waals surface area contributed by atoms with E-state index in [-0.39, 0.29) is 41.6 Å². The van der Waals surface area contributed by atoms with Gasteiger partial charge in [0.25, 0.3) is 5.69 Å². The maximum atomic E-state index is 13.2. The molecule has 0 aromatic heterocycles. The minimum absolute atomic E-state index is 0.161. The topological polar surface area (TPSA) is 148 Å². The minimum atomic E-state index is -1.04. The second kappa shape index (κ2) is 7.53. The number of nitro benzene ring substituents is 1. The highest BCUT2D eigenvalue weighted by atomic mass is 16.6. The van der Waals surface area contributed by atoms with E-state index in [1.54, 1.807) is 6.92 Å². The van der Waals surface area contributed by atoms with Crippen LogP contribution in [0.2, 0.25) is 0 Å². The number of nitrogens with one attached hydrogen (secondary N) is 1. The van der Waals surface area contributed by atoms with Gasteiger partial charge in [-0.1, -0.05) is 6.92 Å². The lowest BCUT2D eigenvalue weighted by Gasteiger charge is -2.36. The van der Waals surface area contributed by atoms with Crippen molar-refractivity contribution in [3.05, 3.63) is 39.1 Å². The maximum Gasteiger partial charge on any atom is 0.316 e. The van der Waals surface area contributed by atoms with Gasteiger partial charge in [0.1, 0.15) is 11.7 Å². The second-order valence-corrected chi connectivity index (χ2v) is 7.07. The third kappa shape index (κ3) is 3.41. The molecule has 0 radical (unpaired) electrons. The van der Waals surface area contributed by atoms with Crippen LogP contribution in [0, 0.1) is 22.0 Å². The summed E-state index contributed by atoms with van der Waals surface area (Å²) >= 11 is 0. The number of methoxy groups -OCH3 is 2. The maximum absolute atomic E-state index is 13.2. The predicted octanol–water partition coefficient (Wildman–Crippen LogP) is 0.933. The van der Waals surface area contributed by atoms with Crippen molar-refractivity contribution in [2.75, 3.05) is 14.2 Å². The molecule has 1 aliphatic heterocycles. The van der Waals surface area contributed by atoms with E-state index in [0.29, 0.717) is 5.70 Å². The van der Waals surface area contributed by atoms with Gasteiger partial charge in [-0.3, -0.25) is 24.5 Å². The summed E-state index contributed by atoms with van der Waals surface area (Å²) in [6.45, 7) is 1.71. The van der Waals surface area contributed by atoms with Crippen LogP contribution >= 0.6 is 0 Å². The summed E-state index contributed by atoms with van der Waals surface area (Å²) in [5.74, 6) is -4.97. The van der Waals surface area contributed by atoms with Crippen LogP contribution in [0.1, 0.15) is 31.2 Å². The number of rotatable bonds is 4. The van der Waals surface area contributed by atoms with Crippen LogP contribution in [-0.2, 0) is 19.1 Å². The van der Waals surface area contributed by atoms with Crippen LogP contribution in [0.4, 0.5) is 5.69 Å². The van der Waals surface area contributed by atoms with Crippen LogP contribution in [0.5, 0.6) is 11.5 Å². The Morgan fingerprint density at radius 2 is 1.93 bits per heavy atom. The Balaban J connectivity index is 2.17. The number of amides is 1. The summed E-state index contributed by atoms with van der Waals surface area (Å²) in [4.78, 5) is 48.0. The summed E-state index contributed by atoms with van der Waals surface area (Å²) in [7, 11) is 2.39. The quantitative estimate of drug-likeness (QED) is 0.338. The van der Waals surface area contributed by atoms with Gasteiger partial charge in [0.15, 0.2) is 5.78 Å². The van der Waals surface area contributed by atoms with Gasteiger partial charge in [-0.15, -0.1) is 0 Å². The van der Waals surface area contributed by atoms with E-state index >= 15 is 0 Å². The van der Waals surface area contributed by atoms with Crippen molar-refractivity contribution in [2.24, 2.45) is 11.8 Å². The molecular formula is C19H19N2O8-. The lowest BCUT2D eigenvalue weighted by Crippen LogP contribution is -2.44. The van der Waals surface area contributed by atoms with Crippen molar-refractivity contribution >= 4 is 23.3 Å². The largest absolute Gasteiger partial charge is 0.865 e. The molecular weight excluding hydrogens is 384 g/mol. The van der Waals surface area contributed by atoms with Gasteiger partial charge in [-0.2, -0.15) is 0 Å². The third-order valence-corrected chi connectivity index (χ3v) is 5.33. The van der Waals surface area contributed by atoms with Crippen molar-refractivity contribution in [3.63, 3.8) is 0 Å². The number of hydrogen-bond donors (Lipinski definition) is 1. The number of ether oxygens (including phenoxy) is 2. The van der Waals surface area contributed by atoms with Gasteiger partial charge in [-0.25, -0.2) is 0 Å². The van der Waals surface area contributed by atoms with Gasteiger partial charge in [0.05, 0.1) is 19.1 Å². The Kier molecular flexibility index (Phi) is 5.27. The summed E-state index contributed by atoms with van der Waals surface area (Å²) in [5, 5.41) is 26.1. The average molecular weight is 403 g/mol. The van der Waals surface area contributed by atoms with E-state index in [1.165, 1.54) is 20.3 Å². The molecule has 0 spiro atoms. The molecule has 1 N–H and O–H groups in total. The highest BCUT2D eigenvalue weighted by Gasteiger charge is 2.45. The molecule has 1 aliphatic carbocycles. The predicted molar refractivity (Wildman–Crippen MR) is 95.9 cm³/mol. The minimum Gasteiger partial charge on any atom is -0.865 e. The number of esters is 1. The molecule has 1 amide bonds. The Labute approximate surface area is 165 Å². The normalized spacial score (nSPS) is 23.9. The van der Waals surface area contributed by atoms with Gasteiger partial charge in [0, 0.05) is 35.4 Å². The number of carbonyl (C=O) groups excluding carboxylic acids is 3. The highest BCUT2D eigenvalue weighted by Crippen LogP contribution is 2.45. The molecule has 3 atom stereocenters. The number of hydrogen-bond acceptors (Lipinski definition) is 8. The molecule has 10 heteroatoms. The fourth-order valence-electron chi connectivity index (χ4n) is 3.98. The molecule has 2 aliphatic rings. The monoisotopic (exact) mass is 403 g/mol. The van der Waals surface area contributed by atoms with Crippen molar-refractivity contribution in [3.8, 4) is 11.5 Å². The zero-order valence-electron chi connectivity index (χ0n) is 16.0. The molecule has 0 saturated heterocycles. The first-order valence-electron chi connectivity index (χ1n) is 8.87.